The predicted molar refractivity (Wildman–Crippen MR) is 58.6 cm³/mol. The molecule has 1 aliphatic heterocycles. The second-order valence-electron chi connectivity index (χ2n) is 4.30. The van der Waals surface area contributed by atoms with Gasteiger partial charge in [0.05, 0.1) is 11.7 Å². The topological polar surface area (TPSA) is 73.7 Å². The van der Waals surface area contributed by atoms with Gasteiger partial charge in [-0.3, -0.25) is 0 Å². The second-order valence-corrected chi connectivity index (χ2v) is 4.30. The fourth-order valence-corrected chi connectivity index (χ4v) is 2.02. The second kappa shape index (κ2) is 4.69. The molecule has 0 bridgehead atoms. The van der Waals surface area contributed by atoms with Crippen LogP contribution in [-0.2, 0) is 11.0 Å². The maximum atomic E-state index is 12.4. The number of aromatic nitrogens is 1. The fourth-order valence-electron chi connectivity index (χ4n) is 2.02. The van der Waals surface area contributed by atoms with Gasteiger partial charge in [0, 0.05) is 19.2 Å². The highest BCUT2D eigenvalue weighted by Crippen LogP contribution is 2.30. The van der Waals surface area contributed by atoms with Crippen LogP contribution >= 0.6 is 0 Å². The Hall–Kier alpha value is -1.83. The number of halogens is 3. The number of hydrogen-bond donors (Lipinski definition) is 2. The predicted octanol–water partition coefficient (Wildman–Crippen LogP) is 1.12. The van der Waals surface area contributed by atoms with E-state index in [4.69, 9.17) is 5.11 Å². The van der Waals surface area contributed by atoms with Crippen LogP contribution in [0, 0.1) is 0 Å². The van der Waals surface area contributed by atoms with Crippen molar-refractivity contribution in [2.75, 3.05) is 11.4 Å². The third-order valence-electron chi connectivity index (χ3n) is 2.93. The summed E-state index contributed by atoms with van der Waals surface area (Å²) < 4.78 is 37.1. The number of carboxylic acid groups (broad SMARTS) is 1. The van der Waals surface area contributed by atoms with E-state index in [1.807, 2.05) is 0 Å². The number of rotatable bonds is 2. The average molecular weight is 276 g/mol. The molecule has 2 N–H and O–H groups in total. The molecule has 0 saturated carbocycles. The van der Waals surface area contributed by atoms with Crippen molar-refractivity contribution in [1.82, 2.24) is 4.98 Å². The number of aliphatic hydroxyl groups excluding tert-OH is 1. The molecule has 1 fully saturated rings. The van der Waals surface area contributed by atoms with Crippen LogP contribution in [0.4, 0.5) is 19.0 Å². The number of nitrogens with zero attached hydrogens (tertiary/aromatic N) is 2. The number of aliphatic carboxylic acids is 1. The summed E-state index contributed by atoms with van der Waals surface area (Å²) in [5.41, 5.74) is -0.900. The van der Waals surface area contributed by atoms with E-state index in [0.29, 0.717) is 6.20 Å². The summed E-state index contributed by atoms with van der Waals surface area (Å²) in [7, 11) is 0. The normalized spacial score (nSPS) is 23.7. The van der Waals surface area contributed by atoms with Gasteiger partial charge >= 0.3 is 12.1 Å². The molecule has 0 aromatic carbocycles. The van der Waals surface area contributed by atoms with Crippen LogP contribution in [0.15, 0.2) is 18.3 Å². The largest absolute Gasteiger partial charge is 0.480 e. The highest BCUT2D eigenvalue weighted by molar-refractivity contribution is 5.78. The molecule has 0 amide bonds. The molecule has 0 radical (unpaired) electrons. The lowest BCUT2D eigenvalue weighted by molar-refractivity contribution is -0.139. The Morgan fingerprint density at radius 3 is 2.58 bits per heavy atom. The van der Waals surface area contributed by atoms with E-state index < -0.39 is 29.9 Å². The first-order valence-corrected chi connectivity index (χ1v) is 5.50. The van der Waals surface area contributed by atoms with Crippen molar-refractivity contribution in [3.63, 3.8) is 0 Å². The van der Waals surface area contributed by atoms with Gasteiger partial charge in [-0.1, -0.05) is 0 Å². The quantitative estimate of drug-likeness (QED) is 0.847. The molecule has 1 aliphatic rings. The standard InChI is InChI=1S/C11H11F3N2O3/c12-11(13,14)6-1-2-9(15-4-6)16-5-7(17)3-8(16)10(18)19/h1-2,4,7-8,17H,3,5H2,(H,18,19)/t7-,8-/m0/s1. The lowest BCUT2D eigenvalue weighted by atomic mass is 10.2. The van der Waals surface area contributed by atoms with Crippen molar-refractivity contribution in [2.45, 2.75) is 24.7 Å². The summed E-state index contributed by atoms with van der Waals surface area (Å²) in [6.07, 6.45) is -4.63. The van der Waals surface area contributed by atoms with Gasteiger partial charge in [0.1, 0.15) is 11.9 Å². The molecule has 2 rings (SSSR count). The maximum Gasteiger partial charge on any atom is 0.417 e. The fraction of sp³-hybridized carbons (Fsp3) is 0.455. The number of alkyl halides is 3. The molecule has 0 spiro atoms. The van der Waals surface area contributed by atoms with Crippen LogP contribution in [0.3, 0.4) is 0 Å². The van der Waals surface area contributed by atoms with E-state index in [0.717, 1.165) is 12.1 Å². The zero-order valence-corrected chi connectivity index (χ0v) is 9.63. The van der Waals surface area contributed by atoms with Crippen LogP contribution in [0.5, 0.6) is 0 Å². The van der Waals surface area contributed by atoms with E-state index in [1.54, 1.807) is 0 Å². The Balaban J connectivity index is 2.24. The summed E-state index contributed by atoms with van der Waals surface area (Å²) in [4.78, 5) is 15.9. The minimum Gasteiger partial charge on any atom is -0.480 e. The SMILES string of the molecule is O=C(O)[C@@H]1C[C@H](O)CN1c1ccc(C(F)(F)F)cn1. The molecule has 5 nitrogen and oxygen atoms in total. The molecular weight excluding hydrogens is 265 g/mol. The monoisotopic (exact) mass is 276 g/mol. The Morgan fingerprint density at radius 1 is 1.42 bits per heavy atom. The van der Waals surface area contributed by atoms with Crippen LogP contribution in [0.2, 0.25) is 0 Å². The average Bonchev–Trinajstić information content (AvgIpc) is 2.70. The number of β-amino-alcohol motifs (C(OH)–C–C–N with tert-alkyl or cyclic N) is 1. The Kier molecular flexibility index (Phi) is 3.36. The molecule has 2 atom stereocenters. The zero-order chi connectivity index (χ0) is 14.2. The molecular formula is C11H11F3N2O3. The molecule has 0 unspecified atom stereocenters. The van der Waals surface area contributed by atoms with Gasteiger partial charge in [0.25, 0.3) is 0 Å². The van der Waals surface area contributed by atoms with E-state index >= 15 is 0 Å². The number of carboxylic acids is 1. The molecule has 0 aliphatic carbocycles. The Morgan fingerprint density at radius 2 is 2.11 bits per heavy atom. The van der Waals surface area contributed by atoms with Gasteiger partial charge in [0.15, 0.2) is 0 Å². The van der Waals surface area contributed by atoms with Gasteiger partial charge in [-0.2, -0.15) is 13.2 Å². The van der Waals surface area contributed by atoms with E-state index in [2.05, 4.69) is 4.98 Å². The molecule has 1 aromatic rings. The minimum atomic E-state index is -4.48. The first-order valence-electron chi connectivity index (χ1n) is 5.50. The smallest absolute Gasteiger partial charge is 0.417 e. The molecule has 2 heterocycles. The van der Waals surface area contributed by atoms with Crippen molar-refractivity contribution in [2.24, 2.45) is 0 Å². The summed E-state index contributed by atoms with van der Waals surface area (Å²) in [5, 5.41) is 18.4. The van der Waals surface area contributed by atoms with Crippen LogP contribution < -0.4 is 4.90 Å². The summed E-state index contributed by atoms with van der Waals surface area (Å²) in [6, 6.07) is 0.974. The first-order chi connectivity index (χ1) is 8.79. The van der Waals surface area contributed by atoms with Crippen LogP contribution in [0.1, 0.15) is 12.0 Å². The van der Waals surface area contributed by atoms with Gasteiger partial charge < -0.3 is 15.1 Å². The number of anilines is 1. The van der Waals surface area contributed by atoms with Crippen molar-refractivity contribution in [1.29, 1.82) is 0 Å². The third kappa shape index (κ3) is 2.78. The van der Waals surface area contributed by atoms with Gasteiger partial charge in [-0.15, -0.1) is 0 Å². The van der Waals surface area contributed by atoms with Crippen LogP contribution in [0.25, 0.3) is 0 Å². The Labute approximate surface area is 106 Å². The van der Waals surface area contributed by atoms with Gasteiger partial charge in [0.2, 0.25) is 0 Å². The van der Waals surface area contributed by atoms with E-state index in [1.165, 1.54) is 4.90 Å². The van der Waals surface area contributed by atoms with Crippen LogP contribution in [-0.4, -0.2) is 39.9 Å². The van der Waals surface area contributed by atoms with Crippen molar-refractivity contribution >= 4 is 11.8 Å². The van der Waals surface area contributed by atoms with Crippen molar-refractivity contribution < 1.29 is 28.2 Å². The molecule has 1 saturated heterocycles. The number of carbonyl (C=O) groups is 1. The van der Waals surface area contributed by atoms with E-state index in [-0.39, 0.29) is 18.8 Å². The molecule has 19 heavy (non-hydrogen) atoms. The molecule has 104 valence electrons. The lowest BCUT2D eigenvalue weighted by Crippen LogP contribution is -2.36. The van der Waals surface area contributed by atoms with E-state index in [9.17, 15) is 23.1 Å². The summed E-state index contributed by atoms with van der Waals surface area (Å²) in [5.74, 6) is -1.03. The Bertz CT molecular complexity index is 475. The first kappa shape index (κ1) is 13.6. The number of pyridine rings is 1. The van der Waals surface area contributed by atoms with Gasteiger partial charge in [-0.25, -0.2) is 9.78 Å². The van der Waals surface area contributed by atoms with Gasteiger partial charge in [-0.05, 0) is 12.1 Å². The highest BCUT2D eigenvalue weighted by Gasteiger charge is 2.37. The maximum absolute atomic E-state index is 12.4. The zero-order valence-electron chi connectivity index (χ0n) is 9.63. The minimum absolute atomic E-state index is 0.0258. The summed E-state index contributed by atoms with van der Waals surface area (Å²) in [6.45, 7) is 0.0370. The third-order valence-corrected chi connectivity index (χ3v) is 2.93. The highest BCUT2D eigenvalue weighted by atomic mass is 19.4. The van der Waals surface area contributed by atoms with Crippen molar-refractivity contribution in [3.8, 4) is 0 Å². The molecule has 1 aromatic heterocycles. The van der Waals surface area contributed by atoms with Crippen molar-refractivity contribution in [3.05, 3.63) is 23.9 Å². The lowest BCUT2D eigenvalue weighted by Gasteiger charge is -2.22. The number of hydrogen-bond acceptors (Lipinski definition) is 4. The number of aliphatic hydroxyl groups is 1. The molecule has 8 heteroatoms. The summed E-state index contributed by atoms with van der Waals surface area (Å²) >= 11 is 0.